The molecule has 0 aliphatic heterocycles. The molecule has 18 heavy (non-hydrogen) atoms. The number of aromatic nitrogens is 2. The summed E-state index contributed by atoms with van der Waals surface area (Å²) < 4.78 is 13.1. The van der Waals surface area contributed by atoms with Crippen LogP contribution in [0.25, 0.3) is 10.9 Å². The molecule has 0 saturated heterocycles. The van der Waals surface area contributed by atoms with Crippen LogP contribution in [-0.4, -0.2) is 14.5 Å². The summed E-state index contributed by atoms with van der Waals surface area (Å²) in [6.45, 7) is 0. The fourth-order valence-corrected chi connectivity index (χ4v) is 3.85. The predicted octanol–water partition coefficient (Wildman–Crippen LogP) is 2.44. The van der Waals surface area contributed by atoms with E-state index in [9.17, 15) is 4.55 Å². The molecule has 90 valence electrons. The Hall–Kier alpha value is -1.63. The van der Waals surface area contributed by atoms with Crippen molar-refractivity contribution in [2.75, 3.05) is 5.73 Å². The SMILES string of the molecule is Nc1ncc([S+]([O-])c2cccc3cccnc23)s1. The van der Waals surface area contributed by atoms with E-state index in [0.29, 0.717) is 14.2 Å². The van der Waals surface area contributed by atoms with Crippen LogP contribution >= 0.6 is 11.3 Å². The second-order valence-corrected chi connectivity index (χ2v) is 6.36. The second-order valence-electron chi connectivity index (χ2n) is 3.62. The average Bonchev–Trinajstić information content (AvgIpc) is 2.84. The van der Waals surface area contributed by atoms with Gasteiger partial charge in [0.25, 0.3) is 0 Å². The molecule has 3 rings (SSSR count). The molecule has 6 heteroatoms. The molecule has 1 aromatic carbocycles. The Morgan fingerprint density at radius 3 is 2.78 bits per heavy atom. The van der Waals surface area contributed by atoms with Crippen molar-refractivity contribution < 1.29 is 4.55 Å². The Kier molecular flexibility index (Phi) is 2.91. The third-order valence-corrected chi connectivity index (χ3v) is 5.01. The number of pyridine rings is 1. The molecule has 0 spiro atoms. The fourth-order valence-electron chi connectivity index (χ4n) is 1.69. The Bertz CT molecular complexity index is 693. The molecule has 0 radical (unpaired) electrons. The van der Waals surface area contributed by atoms with Crippen LogP contribution in [-0.2, 0) is 11.2 Å². The monoisotopic (exact) mass is 275 g/mol. The number of nitrogen functional groups attached to an aromatic ring is 1. The number of nitrogens with two attached hydrogens (primary N) is 1. The van der Waals surface area contributed by atoms with Crippen LogP contribution < -0.4 is 5.73 Å². The molecule has 0 saturated carbocycles. The van der Waals surface area contributed by atoms with Gasteiger partial charge in [0.05, 0.1) is 6.20 Å². The Labute approximate surface area is 111 Å². The highest BCUT2D eigenvalue weighted by Crippen LogP contribution is 2.30. The molecular formula is C12H9N3OS2. The first kappa shape index (κ1) is 11.5. The van der Waals surface area contributed by atoms with Crippen molar-refractivity contribution in [3.63, 3.8) is 0 Å². The third-order valence-electron chi connectivity index (χ3n) is 2.48. The van der Waals surface area contributed by atoms with Gasteiger partial charge >= 0.3 is 0 Å². The fraction of sp³-hybridized carbons (Fsp3) is 0. The number of benzene rings is 1. The summed E-state index contributed by atoms with van der Waals surface area (Å²) in [6, 6.07) is 9.46. The number of hydrogen-bond donors (Lipinski definition) is 1. The van der Waals surface area contributed by atoms with Gasteiger partial charge in [0.15, 0.2) is 10.0 Å². The minimum absolute atomic E-state index is 0.423. The lowest BCUT2D eigenvalue weighted by atomic mass is 10.2. The maximum atomic E-state index is 12.5. The van der Waals surface area contributed by atoms with Gasteiger partial charge in [-0.15, -0.1) is 0 Å². The van der Waals surface area contributed by atoms with Crippen LogP contribution in [0.15, 0.2) is 51.8 Å². The van der Waals surface area contributed by atoms with Gasteiger partial charge in [-0.05, 0) is 23.5 Å². The third kappa shape index (κ3) is 1.94. The van der Waals surface area contributed by atoms with Crippen LogP contribution in [0.3, 0.4) is 0 Å². The van der Waals surface area contributed by atoms with Crippen LogP contribution in [0.4, 0.5) is 5.13 Å². The minimum atomic E-state index is -1.29. The van der Waals surface area contributed by atoms with Gasteiger partial charge in [-0.1, -0.05) is 18.2 Å². The molecule has 0 aliphatic rings. The number of anilines is 1. The zero-order chi connectivity index (χ0) is 12.5. The highest BCUT2D eigenvalue weighted by Gasteiger charge is 2.21. The number of hydrogen-bond acceptors (Lipinski definition) is 5. The van der Waals surface area contributed by atoms with Gasteiger partial charge in [-0.3, -0.25) is 4.98 Å². The lowest BCUT2D eigenvalue weighted by molar-refractivity contribution is 0.597. The quantitative estimate of drug-likeness (QED) is 0.729. The number of thiazole rings is 1. The van der Waals surface area contributed by atoms with E-state index in [2.05, 4.69) is 9.97 Å². The highest BCUT2D eigenvalue weighted by atomic mass is 32.2. The molecule has 0 aliphatic carbocycles. The highest BCUT2D eigenvalue weighted by molar-refractivity contribution is 7.93. The van der Waals surface area contributed by atoms with Gasteiger partial charge in [-0.25, -0.2) is 4.98 Å². The van der Waals surface area contributed by atoms with E-state index in [-0.39, 0.29) is 0 Å². The number of nitrogens with zero attached hydrogens (tertiary/aromatic N) is 2. The van der Waals surface area contributed by atoms with E-state index < -0.39 is 11.2 Å². The molecule has 1 unspecified atom stereocenters. The summed E-state index contributed by atoms with van der Waals surface area (Å²) in [5.41, 5.74) is 6.32. The summed E-state index contributed by atoms with van der Waals surface area (Å²) in [4.78, 5) is 8.91. The summed E-state index contributed by atoms with van der Waals surface area (Å²) in [5.74, 6) is 0. The van der Waals surface area contributed by atoms with Gasteiger partial charge in [0, 0.05) is 22.8 Å². The maximum Gasteiger partial charge on any atom is 0.234 e. The molecule has 2 aromatic heterocycles. The van der Waals surface area contributed by atoms with E-state index in [1.165, 1.54) is 11.3 Å². The molecule has 0 fully saturated rings. The standard InChI is InChI=1S/C12H9N3OS2/c13-12-15-7-10(17-12)18(16)9-5-1-3-8-4-2-6-14-11(8)9/h1-7H,(H2,13,15). The van der Waals surface area contributed by atoms with Crippen LogP contribution in [0.2, 0.25) is 0 Å². The van der Waals surface area contributed by atoms with Crippen molar-refractivity contribution in [1.29, 1.82) is 0 Å². The average molecular weight is 275 g/mol. The predicted molar refractivity (Wildman–Crippen MR) is 72.9 cm³/mol. The number of rotatable bonds is 2. The summed E-state index contributed by atoms with van der Waals surface area (Å²) >= 11 is -0.0490. The van der Waals surface area contributed by atoms with E-state index in [1.807, 2.05) is 30.3 Å². The second kappa shape index (κ2) is 4.56. The number of para-hydroxylation sites is 1. The van der Waals surface area contributed by atoms with Gasteiger partial charge < -0.3 is 10.3 Å². The van der Waals surface area contributed by atoms with Crippen molar-refractivity contribution >= 4 is 38.5 Å². The van der Waals surface area contributed by atoms with Crippen molar-refractivity contribution in [2.45, 2.75) is 9.10 Å². The van der Waals surface area contributed by atoms with Crippen molar-refractivity contribution in [1.82, 2.24) is 9.97 Å². The Morgan fingerprint density at radius 2 is 2.00 bits per heavy atom. The van der Waals surface area contributed by atoms with E-state index in [0.717, 1.165) is 10.9 Å². The van der Waals surface area contributed by atoms with E-state index in [4.69, 9.17) is 5.73 Å². The van der Waals surface area contributed by atoms with E-state index in [1.54, 1.807) is 12.4 Å². The zero-order valence-corrected chi connectivity index (χ0v) is 10.9. The normalized spacial score (nSPS) is 12.7. The summed E-state index contributed by atoms with van der Waals surface area (Å²) in [5, 5.41) is 1.40. The lowest BCUT2D eigenvalue weighted by Gasteiger charge is -2.08. The Balaban J connectivity index is 2.14. The topological polar surface area (TPSA) is 74.9 Å². The molecule has 3 aromatic rings. The molecule has 0 bridgehead atoms. The zero-order valence-electron chi connectivity index (χ0n) is 9.24. The molecular weight excluding hydrogens is 266 g/mol. The molecule has 2 heterocycles. The minimum Gasteiger partial charge on any atom is -0.606 e. The maximum absolute atomic E-state index is 12.5. The van der Waals surface area contributed by atoms with Gasteiger partial charge in [-0.2, -0.15) is 0 Å². The first-order chi connectivity index (χ1) is 8.75. The molecule has 2 N–H and O–H groups in total. The molecule has 4 nitrogen and oxygen atoms in total. The van der Waals surface area contributed by atoms with Gasteiger partial charge in [0.2, 0.25) is 4.21 Å². The lowest BCUT2D eigenvalue weighted by Crippen LogP contribution is -2.01. The summed E-state index contributed by atoms with van der Waals surface area (Å²) in [6.07, 6.45) is 3.25. The molecule has 0 amide bonds. The van der Waals surface area contributed by atoms with Crippen molar-refractivity contribution in [3.8, 4) is 0 Å². The molecule has 1 atom stereocenters. The van der Waals surface area contributed by atoms with E-state index >= 15 is 0 Å². The first-order valence-corrected chi connectivity index (χ1v) is 7.19. The van der Waals surface area contributed by atoms with Crippen LogP contribution in [0.1, 0.15) is 0 Å². The first-order valence-electron chi connectivity index (χ1n) is 5.22. The van der Waals surface area contributed by atoms with Crippen LogP contribution in [0, 0.1) is 0 Å². The Morgan fingerprint density at radius 1 is 1.17 bits per heavy atom. The smallest absolute Gasteiger partial charge is 0.234 e. The van der Waals surface area contributed by atoms with Crippen LogP contribution in [0.5, 0.6) is 0 Å². The number of fused-ring (bicyclic) bond motifs is 1. The largest absolute Gasteiger partial charge is 0.606 e. The van der Waals surface area contributed by atoms with Crippen molar-refractivity contribution in [3.05, 3.63) is 42.7 Å². The summed E-state index contributed by atoms with van der Waals surface area (Å²) in [7, 11) is 0. The van der Waals surface area contributed by atoms with Gasteiger partial charge in [0.1, 0.15) is 5.52 Å². The van der Waals surface area contributed by atoms with Crippen molar-refractivity contribution in [2.24, 2.45) is 0 Å².